The van der Waals surface area contributed by atoms with Gasteiger partial charge in [-0.15, -0.1) is 0 Å². The highest BCUT2D eigenvalue weighted by molar-refractivity contribution is 7.89. The Morgan fingerprint density at radius 1 is 1.20 bits per heavy atom. The van der Waals surface area contributed by atoms with Crippen LogP contribution < -0.4 is 0 Å². The molecule has 8 heteroatoms. The molecule has 1 aromatic carbocycles. The van der Waals surface area contributed by atoms with E-state index < -0.39 is 10.0 Å². The maximum atomic E-state index is 12.5. The summed E-state index contributed by atoms with van der Waals surface area (Å²) in [5.41, 5.74) is 0.617. The Balaban J connectivity index is 2.07. The summed E-state index contributed by atoms with van der Waals surface area (Å²) < 4.78 is 31.6. The second kappa shape index (κ2) is 5.25. The van der Waals surface area contributed by atoms with Gasteiger partial charge in [-0.05, 0) is 18.2 Å². The van der Waals surface area contributed by atoms with Gasteiger partial charge >= 0.3 is 0 Å². The van der Waals surface area contributed by atoms with Crippen LogP contribution in [0.4, 0.5) is 0 Å². The standard InChI is InChI=1S/C12H12ClN3O3S/c13-12-10-7-9(1-2-11(10)14-8-15-12)20(17,18)16-3-5-19-6-4-16/h1-2,7-8H,3-6H2. The van der Waals surface area contributed by atoms with Crippen molar-refractivity contribution in [2.75, 3.05) is 26.3 Å². The Kier molecular flexibility index (Phi) is 3.59. The van der Waals surface area contributed by atoms with Crippen molar-refractivity contribution in [3.63, 3.8) is 0 Å². The number of sulfonamides is 1. The number of fused-ring (bicyclic) bond motifs is 1. The molecule has 20 heavy (non-hydrogen) atoms. The lowest BCUT2D eigenvalue weighted by atomic mass is 10.2. The second-order valence-corrected chi connectivity index (χ2v) is 6.66. The smallest absolute Gasteiger partial charge is 0.243 e. The van der Waals surface area contributed by atoms with E-state index in [4.69, 9.17) is 16.3 Å². The maximum Gasteiger partial charge on any atom is 0.243 e. The predicted molar refractivity (Wildman–Crippen MR) is 74.1 cm³/mol. The van der Waals surface area contributed by atoms with Gasteiger partial charge in [0.1, 0.15) is 11.5 Å². The van der Waals surface area contributed by atoms with Crippen molar-refractivity contribution in [2.24, 2.45) is 0 Å². The first-order valence-corrected chi connectivity index (χ1v) is 7.89. The molecule has 0 aliphatic carbocycles. The summed E-state index contributed by atoms with van der Waals surface area (Å²) >= 11 is 5.99. The first-order chi connectivity index (χ1) is 9.59. The minimum atomic E-state index is -3.53. The zero-order valence-corrected chi connectivity index (χ0v) is 12.1. The van der Waals surface area contributed by atoms with Crippen molar-refractivity contribution in [3.8, 4) is 0 Å². The summed E-state index contributed by atoms with van der Waals surface area (Å²) in [6.07, 6.45) is 1.35. The molecular formula is C12H12ClN3O3S. The molecule has 1 aromatic heterocycles. The SMILES string of the molecule is O=S(=O)(c1ccc2ncnc(Cl)c2c1)N1CCOCC1. The van der Waals surface area contributed by atoms with Crippen molar-refractivity contribution in [3.05, 3.63) is 29.7 Å². The molecule has 3 rings (SSSR count). The first-order valence-electron chi connectivity index (χ1n) is 6.07. The fourth-order valence-electron chi connectivity index (χ4n) is 2.10. The zero-order valence-electron chi connectivity index (χ0n) is 10.5. The van der Waals surface area contributed by atoms with Crippen LogP contribution in [-0.2, 0) is 14.8 Å². The van der Waals surface area contributed by atoms with Crippen LogP contribution in [0.15, 0.2) is 29.4 Å². The molecular weight excluding hydrogens is 302 g/mol. The fraction of sp³-hybridized carbons (Fsp3) is 0.333. The summed E-state index contributed by atoms with van der Waals surface area (Å²) in [6.45, 7) is 1.55. The second-order valence-electron chi connectivity index (χ2n) is 4.36. The monoisotopic (exact) mass is 313 g/mol. The Morgan fingerprint density at radius 3 is 2.70 bits per heavy atom. The van der Waals surface area contributed by atoms with Gasteiger partial charge < -0.3 is 4.74 Å². The van der Waals surface area contributed by atoms with E-state index in [0.29, 0.717) is 37.2 Å². The van der Waals surface area contributed by atoms with Gasteiger partial charge in [-0.2, -0.15) is 4.31 Å². The van der Waals surface area contributed by atoms with E-state index in [-0.39, 0.29) is 10.0 Å². The minimum absolute atomic E-state index is 0.198. The van der Waals surface area contributed by atoms with E-state index in [1.54, 1.807) is 6.07 Å². The third-order valence-electron chi connectivity index (χ3n) is 3.17. The lowest BCUT2D eigenvalue weighted by molar-refractivity contribution is 0.0730. The third kappa shape index (κ3) is 2.37. The Hall–Kier alpha value is -1.28. The van der Waals surface area contributed by atoms with Crippen molar-refractivity contribution in [1.29, 1.82) is 0 Å². The highest BCUT2D eigenvalue weighted by Gasteiger charge is 2.26. The molecule has 2 aromatic rings. The van der Waals surface area contributed by atoms with E-state index >= 15 is 0 Å². The van der Waals surface area contributed by atoms with Crippen LogP contribution in [0.1, 0.15) is 0 Å². The van der Waals surface area contributed by atoms with Gasteiger partial charge in [0, 0.05) is 18.5 Å². The molecule has 2 heterocycles. The Morgan fingerprint density at radius 2 is 1.95 bits per heavy atom. The van der Waals surface area contributed by atoms with E-state index in [1.807, 2.05) is 0 Å². The Bertz CT molecular complexity index is 745. The van der Waals surface area contributed by atoms with Crippen molar-refractivity contribution >= 4 is 32.5 Å². The highest BCUT2D eigenvalue weighted by Crippen LogP contribution is 2.25. The minimum Gasteiger partial charge on any atom is -0.379 e. The molecule has 1 saturated heterocycles. The average Bonchev–Trinajstić information content (AvgIpc) is 2.48. The summed E-state index contributed by atoms with van der Waals surface area (Å²) in [5.74, 6) is 0. The van der Waals surface area contributed by atoms with Crippen LogP contribution in [0, 0.1) is 0 Å². The highest BCUT2D eigenvalue weighted by atomic mass is 35.5. The lowest BCUT2D eigenvalue weighted by Crippen LogP contribution is -2.40. The summed E-state index contributed by atoms with van der Waals surface area (Å²) in [6, 6.07) is 4.69. The Labute approximate surface area is 121 Å². The third-order valence-corrected chi connectivity index (χ3v) is 5.36. The van der Waals surface area contributed by atoms with Crippen molar-refractivity contribution in [2.45, 2.75) is 4.90 Å². The molecule has 6 nitrogen and oxygen atoms in total. The van der Waals surface area contributed by atoms with Crippen molar-refractivity contribution < 1.29 is 13.2 Å². The molecule has 0 unspecified atom stereocenters. The number of rotatable bonds is 2. The topological polar surface area (TPSA) is 72.4 Å². The van der Waals surface area contributed by atoms with Crippen LogP contribution in [0.25, 0.3) is 10.9 Å². The van der Waals surface area contributed by atoms with E-state index in [2.05, 4.69) is 9.97 Å². The van der Waals surface area contributed by atoms with Crippen molar-refractivity contribution in [1.82, 2.24) is 14.3 Å². The zero-order chi connectivity index (χ0) is 14.2. The van der Waals surface area contributed by atoms with Crippen LogP contribution in [0.5, 0.6) is 0 Å². The van der Waals surface area contributed by atoms with Gasteiger partial charge in [0.05, 0.1) is 23.6 Å². The molecule has 0 radical (unpaired) electrons. The van der Waals surface area contributed by atoms with E-state index in [9.17, 15) is 8.42 Å². The first kappa shape index (κ1) is 13.7. The molecule has 106 valence electrons. The molecule has 0 bridgehead atoms. The number of aromatic nitrogens is 2. The summed E-state index contributed by atoms with van der Waals surface area (Å²) in [4.78, 5) is 8.12. The number of ether oxygens (including phenoxy) is 1. The molecule has 0 saturated carbocycles. The molecule has 0 N–H and O–H groups in total. The van der Waals surface area contributed by atoms with Gasteiger partial charge in [0.25, 0.3) is 0 Å². The summed E-state index contributed by atoms with van der Waals surface area (Å²) in [5, 5.41) is 0.775. The van der Waals surface area contributed by atoms with Gasteiger partial charge in [0.15, 0.2) is 0 Å². The van der Waals surface area contributed by atoms with Gasteiger partial charge in [0.2, 0.25) is 10.0 Å². The van der Waals surface area contributed by atoms with E-state index in [1.165, 1.54) is 22.8 Å². The van der Waals surface area contributed by atoms with Crippen LogP contribution in [-0.4, -0.2) is 49.0 Å². The van der Waals surface area contributed by atoms with Crippen LogP contribution in [0.2, 0.25) is 5.15 Å². The van der Waals surface area contributed by atoms with E-state index in [0.717, 1.165) is 0 Å². The molecule has 0 amide bonds. The number of hydrogen-bond acceptors (Lipinski definition) is 5. The van der Waals surface area contributed by atoms with Gasteiger partial charge in [-0.25, -0.2) is 18.4 Å². The molecule has 1 aliphatic heterocycles. The summed E-state index contributed by atoms with van der Waals surface area (Å²) in [7, 11) is -3.53. The number of benzene rings is 1. The number of morpholine rings is 1. The average molecular weight is 314 g/mol. The van der Waals surface area contributed by atoms with Gasteiger partial charge in [-0.1, -0.05) is 11.6 Å². The molecule has 1 aliphatic rings. The van der Waals surface area contributed by atoms with Crippen LogP contribution >= 0.6 is 11.6 Å². The number of halogens is 1. The fourth-order valence-corrected chi connectivity index (χ4v) is 3.73. The predicted octanol–water partition coefficient (Wildman–Crippen LogP) is 1.30. The molecule has 0 spiro atoms. The van der Waals surface area contributed by atoms with Crippen LogP contribution in [0.3, 0.4) is 0 Å². The van der Waals surface area contributed by atoms with Gasteiger partial charge in [-0.3, -0.25) is 0 Å². The number of nitrogens with zero attached hydrogens (tertiary/aromatic N) is 3. The molecule has 0 atom stereocenters. The maximum absolute atomic E-state index is 12.5. The lowest BCUT2D eigenvalue weighted by Gasteiger charge is -2.26. The normalized spacial score (nSPS) is 17.4. The molecule has 1 fully saturated rings. The number of hydrogen-bond donors (Lipinski definition) is 0. The quantitative estimate of drug-likeness (QED) is 0.782. The largest absolute Gasteiger partial charge is 0.379 e.